The number of fused-ring (bicyclic) bond motifs is 3. The van der Waals surface area contributed by atoms with Crippen LogP contribution in [-0.2, 0) is 19.2 Å². The van der Waals surface area contributed by atoms with E-state index < -0.39 is 40.4 Å². The first kappa shape index (κ1) is 23.7. The van der Waals surface area contributed by atoms with Crippen LogP contribution in [0.3, 0.4) is 0 Å². The van der Waals surface area contributed by atoms with Crippen molar-refractivity contribution in [2.24, 2.45) is 17.8 Å². The number of phenolic OH excluding ortho intramolecular Hbond substituents is 1. The van der Waals surface area contributed by atoms with Crippen molar-refractivity contribution in [3.63, 3.8) is 0 Å². The van der Waals surface area contributed by atoms with E-state index in [0.29, 0.717) is 22.3 Å². The van der Waals surface area contributed by atoms with Gasteiger partial charge in [-0.1, -0.05) is 29.8 Å². The van der Waals surface area contributed by atoms with Gasteiger partial charge in [0.05, 0.1) is 22.4 Å². The number of imide groups is 1. The predicted octanol–water partition coefficient (Wildman–Crippen LogP) is 3.93. The summed E-state index contributed by atoms with van der Waals surface area (Å²) in [4.78, 5) is 65.6. The van der Waals surface area contributed by atoms with Crippen molar-refractivity contribution in [3.05, 3.63) is 98.7 Å². The first-order valence-electron chi connectivity index (χ1n) is 12.3. The molecule has 9 nitrogen and oxygen atoms in total. The van der Waals surface area contributed by atoms with Crippen LogP contribution in [0.4, 0.5) is 11.4 Å². The Morgan fingerprint density at radius 2 is 1.76 bits per heavy atom. The van der Waals surface area contributed by atoms with Crippen LogP contribution in [0.5, 0.6) is 5.75 Å². The maximum atomic E-state index is 13.8. The van der Waals surface area contributed by atoms with Crippen LogP contribution in [0.25, 0.3) is 0 Å². The van der Waals surface area contributed by atoms with Crippen LogP contribution in [0.2, 0.25) is 0 Å². The number of rotatable bonds is 3. The van der Waals surface area contributed by atoms with Crippen LogP contribution >= 0.6 is 0 Å². The average Bonchev–Trinajstić information content (AvgIpc) is 3.15. The number of ketones is 2. The molecule has 4 atom stereocenters. The van der Waals surface area contributed by atoms with Gasteiger partial charge in [0, 0.05) is 34.8 Å². The molecule has 6 rings (SSSR count). The maximum Gasteiger partial charge on any atom is 0.271 e. The molecule has 0 radical (unpaired) electrons. The molecule has 0 spiro atoms. The summed E-state index contributed by atoms with van der Waals surface area (Å²) in [5.41, 5.74) is 2.28. The van der Waals surface area contributed by atoms with E-state index in [0.717, 1.165) is 10.5 Å². The van der Waals surface area contributed by atoms with Crippen LogP contribution in [-0.4, -0.2) is 33.4 Å². The molecule has 1 N–H and O–H groups in total. The first-order chi connectivity index (χ1) is 18.2. The summed E-state index contributed by atoms with van der Waals surface area (Å²) in [6, 6.07) is 11.9. The lowest BCUT2D eigenvalue weighted by Gasteiger charge is -2.42. The molecule has 2 amide bonds. The van der Waals surface area contributed by atoms with E-state index in [1.54, 1.807) is 25.1 Å². The smallest absolute Gasteiger partial charge is 0.271 e. The largest absolute Gasteiger partial charge is 0.508 e. The number of hydrogen-bond acceptors (Lipinski definition) is 7. The van der Waals surface area contributed by atoms with Gasteiger partial charge < -0.3 is 5.11 Å². The summed E-state index contributed by atoms with van der Waals surface area (Å²) < 4.78 is 0. The lowest BCUT2D eigenvalue weighted by atomic mass is 9.59. The molecule has 3 aliphatic carbocycles. The third-order valence-corrected chi connectivity index (χ3v) is 8.06. The average molecular weight is 511 g/mol. The number of nitro groups is 1. The predicted molar refractivity (Wildman–Crippen MR) is 135 cm³/mol. The van der Waals surface area contributed by atoms with Crippen molar-refractivity contribution < 1.29 is 29.2 Å². The number of nitro benzene ring substituents is 1. The number of anilines is 1. The van der Waals surface area contributed by atoms with Crippen LogP contribution in [0, 0.1) is 27.9 Å². The zero-order chi connectivity index (χ0) is 26.9. The maximum absolute atomic E-state index is 13.8. The number of hydrogen-bond donors (Lipinski definition) is 1. The Kier molecular flexibility index (Phi) is 5.27. The van der Waals surface area contributed by atoms with Gasteiger partial charge in [0.15, 0.2) is 11.6 Å². The third kappa shape index (κ3) is 3.38. The van der Waals surface area contributed by atoms with E-state index in [1.165, 1.54) is 36.4 Å². The minimum Gasteiger partial charge on any atom is -0.508 e. The van der Waals surface area contributed by atoms with Crippen molar-refractivity contribution in [1.82, 2.24) is 0 Å². The summed E-state index contributed by atoms with van der Waals surface area (Å²) >= 11 is 0. The van der Waals surface area contributed by atoms with Crippen molar-refractivity contribution in [2.45, 2.75) is 25.7 Å². The molecule has 2 aromatic carbocycles. The normalized spacial score (nSPS) is 26.5. The van der Waals surface area contributed by atoms with Crippen molar-refractivity contribution in [1.29, 1.82) is 0 Å². The molecule has 1 heterocycles. The standard InChI is InChI=1S/C29H22N2O7/c1-14-10-23(33)26-22(27(14)34)13-21-19(24(26)15-4-2-7-18(32)11-15)8-9-20-25(21)29(36)30(28(20)35)16-5-3-6-17(12-16)31(37)38/h2-8,10-12,20-21,24-25,32H,9,13H2,1H3. The SMILES string of the molecule is CC1=CC(=O)C2=C(CC3C(=CCC4C(=O)N(c5cccc([N+](=O)[O-])c5)C(=O)C43)C2c2cccc(O)c2)C1=O. The van der Waals surface area contributed by atoms with Crippen molar-refractivity contribution >= 4 is 34.8 Å². The number of amides is 2. The fourth-order valence-corrected chi connectivity index (χ4v) is 6.47. The molecule has 1 fully saturated rings. The zero-order valence-corrected chi connectivity index (χ0v) is 20.3. The molecule has 1 saturated heterocycles. The number of phenols is 1. The quantitative estimate of drug-likeness (QED) is 0.217. The fourth-order valence-electron chi connectivity index (χ4n) is 6.47. The summed E-state index contributed by atoms with van der Waals surface area (Å²) in [7, 11) is 0. The summed E-state index contributed by atoms with van der Waals surface area (Å²) in [5, 5.41) is 21.5. The van der Waals surface area contributed by atoms with Gasteiger partial charge in [-0.15, -0.1) is 0 Å². The van der Waals surface area contributed by atoms with Gasteiger partial charge >= 0.3 is 0 Å². The van der Waals surface area contributed by atoms with E-state index >= 15 is 0 Å². The van der Waals surface area contributed by atoms with Crippen LogP contribution < -0.4 is 4.90 Å². The molecule has 4 unspecified atom stereocenters. The summed E-state index contributed by atoms with van der Waals surface area (Å²) in [6.45, 7) is 1.58. The molecular weight excluding hydrogens is 488 g/mol. The van der Waals surface area contributed by atoms with Gasteiger partial charge in [-0.3, -0.25) is 29.3 Å². The van der Waals surface area contributed by atoms with E-state index in [1.807, 2.05) is 6.08 Å². The number of allylic oxidation sites excluding steroid dienone is 6. The Morgan fingerprint density at radius 3 is 2.50 bits per heavy atom. The first-order valence-corrected chi connectivity index (χ1v) is 12.3. The number of aromatic hydroxyl groups is 1. The van der Waals surface area contributed by atoms with Gasteiger partial charge in [-0.2, -0.15) is 0 Å². The lowest BCUT2D eigenvalue weighted by molar-refractivity contribution is -0.384. The minimum absolute atomic E-state index is 0.00587. The number of non-ortho nitro benzene ring substituents is 1. The number of Topliss-reactive ketones (excluding diaryl/α,β-unsaturated/α-hetero) is 1. The van der Waals surface area contributed by atoms with Gasteiger partial charge in [0.1, 0.15) is 5.75 Å². The second kappa shape index (κ2) is 8.44. The number of carbonyl (C=O) groups excluding carboxylic acids is 4. The van der Waals surface area contributed by atoms with Gasteiger partial charge in [0.25, 0.3) is 5.69 Å². The van der Waals surface area contributed by atoms with Gasteiger partial charge in [-0.05, 0) is 55.5 Å². The van der Waals surface area contributed by atoms with E-state index in [2.05, 4.69) is 0 Å². The molecule has 0 saturated carbocycles. The molecule has 9 heteroatoms. The topological polar surface area (TPSA) is 135 Å². The molecule has 1 aliphatic heterocycles. The Labute approximate surface area is 216 Å². The lowest BCUT2D eigenvalue weighted by Crippen LogP contribution is -2.39. The van der Waals surface area contributed by atoms with Crippen molar-refractivity contribution in [2.75, 3.05) is 4.90 Å². The van der Waals surface area contributed by atoms with E-state index in [-0.39, 0.29) is 41.5 Å². The van der Waals surface area contributed by atoms with Crippen LogP contribution in [0.1, 0.15) is 31.2 Å². The van der Waals surface area contributed by atoms with Crippen LogP contribution in [0.15, 0.2) is 83.0 Å². The highest BCUT2D eigenvalue weighted by atomic mass is 16.6. The molecular formula is C29H22N2O7. The van der Waals surface area contributed by atoms with E-state index in [9.17, 15) is 34.4 Å². The molecule has 2 aromatic rings. The highest BCUT2D eigenvalue weighted by molar-refractivity contribution is 6.25. The summed E-state index contributed by atoms with van der Waals surface area (Å²) in [5.74, 6) is -4.10. The molecule has 0 bridgehead atoms. The second-order valence-electron chi connectivity index (χ2n) is 10.1. The highest BCUT2D eigenvalue weighted by Crippen LogP contribution is 2.55. The molecule has 38 heavy (non-hydrogen) atoms. The van der Waals surface area contributed by atoms with Gasteiger partial charge in [-0.25, -0.2) is 4.90 Å². The molecule has 190 valence electrons. The third-order valence-electron chi connectivity index (χ3n) is 8.06. The fraction of sp³-hybridized carbons (Fsp3) is 0.241. The monoisotopic (exact) mass is 510 g/mol. The number of benzene rings is 2. The Bertz CT molecular complexity index is 1580. The molecule has 4 aliphatic rings. The van der Waals surface area contributed by atoms with Crippen molar-refractivity contribution in [3.8, 4) is 5.75 Å². The Morgan fingerprint density at radius 1 is 1.00 bits per heavy atom. The van der Waals surface area contributed by atoms with E-state index in [4.69, 9.17) is 0 Å². The number of nitrogens with zero attached hydrogens (tertiary/aromatic N) is 2. The highest BCUT2D eigenvalue weighted by Gasteiger charge is 2.56. The Balaban J connectivity index is 1.47. The zero-order valence-electron chi connectivity index (χ0n) is 20.3. The second-order valence-corrected chi connectivity index (χ2v) is 10.1. The molecule has 0 aromatic heterocycles. The Hall–Kier alpha value is -4.66. The number of carbonyl (C=O) groups is 4. The summed E-state index contributed by atoms with van der Waals surface area (Å²) in [6.07, 6.45) is 3.60. The minimum atomic E-state index is -0.787. The van der Waals surface area contributed by atoms with Gasteiger partial charge in [0.2, 0.25) is 11.8 Å².